The van der Waals surface area contributed by atoms with Gasteiger partial charge in [0.1, 0.15) is 5.69 Å². The number of hydrogen-bond acceptors (Lipinski definition) is 3. The van der Waals surface area contributed by atoms with E-state index in [2.05, 4.69) is 10.1 Å². The lowest BCUT2D eigenvalue weighted by Crippen LogP contribution is -2.16. The summed E-state index contributed by atoms with van der Waals surface area (Å²) in [5.41, 5.74) is -1.30. The molecule has 0 radical (unpaired) electrons. The molecule has 1 rings (SSSR count). The van der Waals surface area contributed by atoms with E-state index in [1.54, 1.807) is 0 Å². The largest absolute Gasteiger partial charge is 0.283 e. The molecule has 4 nitrogen and oxygen atoms in total. The predicted molar refractivity (Wildman–Crippen MR) is 45.5 cm³/mol. The summed E-state index contributed by atoms with van der Waals surface area (Å²) in [5, 5.41) is 3.02. The molecule has 0 saturated carbocycles. The highest BCUT2D eigenvalue weighted by Gasteiger charge is 2.23. The number of pyridine rings is 1. The third-order valence-corrected chi connectivity index (χ3v) is 2.65. The predicted octanol–water partition coefficient (Wildman–Crippen LogP) is 1.46. The fourth-order valence-corrected chi connectivity index (χ4v) is 1.83. The van der Waals surface area contributed by atoms with Crippen molar-refractivity contribution in [2.24, 2.45) is 5.14 Å². The van der Waals surface area contributed by atoms with E-state index in [-0.39, 0.29) is 0 Å². The zero-order valence-corrected chi connectivity index (χ0v) is 8.49. The SMILES string of the molecule is NS(=O)(=O)c1nc(C(F)F)c(F)cc1Cl. The molecule has 0 aliphatic rings. The standard InChI is InChI=1S/C6H4ClF3N2O2S/c7-2-1-3(8)4(5(9)10)12-6(2)15(11,13)14/h1,5H,(H2,11,13,14). The molecule has 15 heavy (non-hydrogen) atoms. The van der Waals surface area contributed by atoms with Gasteiger partial charge in [-0.3, -0.25) is 0 Å². The van der Waals surface area contributed by atoms with Crippen molar-refractivity contribution < 1.29 is 21.6 Å². The van der Waals surface area contributed by atoms with E-state index in [1.807, 2.05) is 0 Å². The van der Waals surface area contributed by atoms with Crippen LogP contribution in [0.3, 0.4) is 0 Å². The summed E-state index contributed by atoms with van der Waals surface area (Å²) in [6.07, 6.45) is -3.25. The van der Waals surface area contributed by atoms with Gasteiger partial charge in [0.2, 0.25) is 0 Å². The summed E-state index contributed by atoms with van der Waals surface area (Å²) in [7, 11) is -4.35. The molecule has 2 N–H and O–H groups in total. The molecule has 0 saturated heterocycles. The lowest BCUT2D eigenvalue weighted by atomic mass is 10.3. The summed E-state index contributed by atoms with van der Waals surface area (Å²) in [6, 6.07) is 0.426. The minimum absolute atomic E-state index is 0.426. The Morgan fingerprint density at radius 2 is 2.00 bits per heavy atom. The quantitative estimate of drug-likeness (QED) is 0.875. The minimum Gasteiger partial charge on any atom is -0.229 e. The Kier molecular flexibility index (Phi) is 3.22. The first kappa shape index (κ1) is 12.2. The number of halogens is 4. The molecule has 0 spiro atoms. The highest BCUT2D eigenvalue weighted by atomic mass is 35.5. The van der Waals surface area contributed by atoms with Gasteiger partial charge in [0.05, 0.1) is 5.02 Å². The van der Waals surface area contributed by atoms with Gasteiger partial charge >= 0.3 is 0 Å². The fraction of sp³-hybridized carbons (Fsp3) is 0.167. The average Bonchev–Trinajstić information content (AvgIpc) is 2.00. The van der Waals surface area contributed by atoms with Gasteiger partial charge in [-0.2, -0.15) is 0 Å². The zero-order chi connectivity index (χ0) is 11.8. The van der Waals surface area contributed by atoms with Gasteiger partial charge in [-0.25, -0.2) is 31.7 Å². The van der Waals surface area contributed by atoms with Crippen molar-refractivity contribution in [2.45, 2.75) is 11.5 Å². The van der Waals surface area contributed by atoms with E-state index in [4.69, 9.17) is 11.6 Å². The zero-order valence-electron chi connectivity index (χ0n) is 6.92. The maximum absolute atomic E-state index is 12.8. The van der Waals surface area contributed by atoms with Gasteiger partial charge in [-0.15, -0.1) is 0 Å². The monoisotopic (exact) mass is 260 g/mol. The van der Waals surface area contributed by atoms with E-state index in [1.165, 1.54) is 0 Å². The Balaban J connectivity index is 3.50. The lowest BCUT2D eigenvalue weighted by Gasteiger charge is -2.05. The van der Waals surface area contributed by atoms with Crippen molar-refractivity contribution >= 4 is 21.6 Å². The molecule has 9 heteroatoms. The van der Waals surface area contributed by atoms with Gasteiger partial charge in [-0.1, -0.05) is 11.6 Å². The van der Waals surface area contributed by atoms with Crippen molar-refractivity contribution in [1.29, 1.82) is 0 Å². The van der Waals surface area contributed by atoms with Crippen molar-refractivity contribution in [3.63, 3.8) is 0 Å². The van der Waals surface area contributed by atoms with E-state index in [9.17, 15) is 21.6 Å². The third kappa shape index (κ3) is 2.58. The summed E-state index contributed by atoms with van der Waals surface area (Å²) < 4.78 is 58.7. The van der Waals surface area contributed by atoms with Crippen LogP contribution in [0.25, 0.3) is 0 Å². The van der Waals surface area contributed by atoms with E-state index in [0.29, 0.717) is 6.07 Å². The average molecular weight is 261 g/mol. The van der Waals surface area contributed by atoms with Crippen molar-refractivity contribution in [1.82, 2.24) is 4.98 Å². The molecule has 0 fully saturated rings. The highest BCUT2D eigenvalue weighted by molar-refractivity contribution is 7.89. The van der Waals surface area contributed by atoms with Crippen LogP contribution in [0.4, 0.5) is 13.2 Å². The molecule has 1 aromatic heterocycles. The first-order valence-electron chi connectivity index (χ1n) is 3.40. The van der Waals surface area contributed by atoms with Crippen molar-refractivity contribution in [2.75, 3.05) is 0 Å². The molecule has 0 amide bonds. The van der Waals surface area contributed by atoms with E-state index >= 15 is 0 Å². The van der Waals surface area contributed by atoms with Crippen LogP contribution in [-0.2, 0) is 10.0 Å². The van der Waals surface area contributed by atoms with Crippen LogP contribution in [0, 0.1) is 5.82 Å². The summed E-state index contributed by atoms with van der Waals surface area (Å²) in [4.78, 5) is 2.87. The van der Waals surface area contributed by atoms with Crippen LogP contribution in [0.15, 0.2) is 11.1 Å². The number of hydrogen-bond donors (Lipinski definition) is 1. The highest BCUT2D eigenvalue weighted by Crippen LogP contribution is 2.26. The van der Waals surface area contributed by atoms with Crippen molar-refractivity contribution in [3.05, 3.63) is 22.6 Å². The first-order chi connectivity index (χ1) is 6.73. The minimum atomic E-state index is -4.35. The van der Waals surface area contributed by atoms with Crippen LogP contribution in [0.1, 0.15) is 12.1 Å². The molecule has 0 aromatic carbocycles. The number of rotatable bonds is 2. The first-order valence-corrected chi connectivity index (χ1v) is 5.33. The topological polar surface area (TPSA) is 73.1 Å². The normalized spacial score (nSPS) is 12.1. The molecule has 84 valence electrons. The van der Waals surface area contributed by atoms with Gasteiger partial charge in [-0.05, 0) is 6.07 Å². The lowest BCUT2D eigenvalue weighted by molar-refractivity contribution is 0.139. The number of alkyl halides is 2. The maximum atomic E-state index is 12.8. The van der Waals surface area contributed by atoms with Gasteiger partial charge < -0.3 is 0 Å². The number of nitrogens with zero attached hydrogens (tertiary/aromatic N) is 1. The van der Waals surface area contributed by atoms with Crippen LogP contribution >= 0.6 is 11.6 Å². The second-order valence-electron chi connectivity index (χ2n) is 2.49. The molecular formula is C6H4ClF3N2O2S. The Bertz CT molecular complexity index is 491. The molecule has 0 aliphatic carbocycles. The number of primary sulfonamides is 1. The molecule has 0 unspecified atom stereocenters. The fourth-order valence-electron chi connectivity index (χ4n) is 0.816. The van der Waals surface area contributed by atoms with Crippen LogP contribution < -0.4 is 5.14 Å². The van der Waals surface area contributed by atoms with E-state index in [0.717, 1.165) is 0 Å². The smallest absolute Gasteiger partial charge is 0.229 e. The second kappa shape index (κ2) is 3.95. The van der Waals surface area contributed by atoms with Gasteiger partial charge in [0, 0.05) is 0 Å². The van der Waals surface area contributed by atoms with E-state index < -0.39 is 38.0 Å². The van der Waals surface area contributed by atoms with Crippen molar-refractivity contribution in [3.8, 4) is 0 Å². The summed E-state index contributed by atoms with van der Waals surface area (Å²) in [6.45, 7) is 0. The number of sulfonamides is 1. The van der Waals surface area contributed by atoms with Crippen LogP contribution in [0.5, 0.6) is 0 Å². The Morgan fingerprint density at radius 3 is 2.40 bits per heavy atom. The molecule has 0 aliphatic heterocycles. The number of nitrogens with two attached hydrogens (primary N) is 1. The molecule has 0 bridgehead atoms. The Morgan fingerprint density at radius 1 is 1.47 bits per heavy atom. The summed E-state index contributed by atoms with van der Waals surface area (Å²) in [5.74, 6) is -1.39. The van der Waals surface area contributed by atoms with Crippen LogP contribution in [-0.4, -0.2) is 13.4 Å². The third-order valence-electron chi connectivity index (χ3n) is 1.40. The van der Waals surface area contributed by atoms with Gasteiger partial charge in [0.15, 0.2) is 10.8 Å². The van der Waals surface area contributed by atoms with Crippen LogP contribution in [0.2, 0.25) is 5.02 Å². The molecular weight excluding hydrogens is 257 g/mol. The molecule has 1 heterocycles. The molecule has 0 atom stereocenters. The summed E-state index contributed by atoms with van der Waals surface area (Å²) >= 11 is 5.28. The number of aromatic nitrogens is 1. The Hall–Kier alpha value is -0.860. The maximum Gasteiger partial charge on any atom is 0.283 e. The second-order valence-corrected chi connectivity index (χ2v) is 4.37. The van der Waals surface area contributed by atoms with Gasteiger partial charge in [0.25, 0.3) is 16.4 Å². The molecule has 1 aromatic rings. The Labute approximate surface area is 87.9 Å².